The highest BCUT2D eigenvalue weighted by Gasteiger charge is 2.15. The number of benzene rings is 2. The Balaban J connectivity index is 1.79. The molecule has 1 amide bonds. The highest BCUT2D eigenvalue weighted by Crippen LogP contribution is 2.29. The van der Waals surface area contributed by atoms with E-state index >= 15 is 0 Å². The number of thiazole rings is 1. The van der Waals surface area contributed by atoms with E-state index in [1.165, 1.54) is 23.5 Å². The van der Waals surface area contributed by atoms with Crippen molar-refractivity contribution in [1.82, 2.24) is 4.98 Å². The van der Waals surface area contributed by atoms with Crippen molar-refractivity contribution in [1.29, 1.82) is 0 Å². The number of aryl methyl sites for hydroxylation is 1. The number of carbonyl (C=O) groups is 1. The van der Waals surface area contributed by atoms with Crippen LogP contribution in [0.4, 0.5) is 10.8 Å². The van der Waals surface area contributed by atoms with Crippen molar-refractivity contribution in [3.63, 3.8) is 0 Å². The van der Waals surface area contributed by atoms with Gasteiger partial charge in [-0.3, -0.25) is 20.2 Å². The molecule has 0 aliphatic heterocycles. The molecule has 29 heavy (non-hydrogen) atoms. The molecule has 0 bridgehead atoms. The van der Waals surface area contributed by atoms with E-state index in [1.807, 2.05) is 0 Å². The minimum atomic E-state index is -3.21. The molecule has 0 spiro atoms. The molecule has 0 aliphatic carbocycles. The zero-order valence-corrected chi connectivity index (χ0v) is 17.2. The Morgan fingerprint density at radius 1 is 1.24 bits per heavy atom. The van der Waals surface area contributed by atoms with Crippen molar-refractivity contribution in [3.8, 4) is 11.3 Å². The van der Waals surface area contributed by atoms with Gasteiger partial charge in [0.15, 0.2) is 15.0 Å². The first-order chi connectivity index (χ1) is 13.6. The zero-order chi connectivity index (χ0) is 21.2. The Hall–Kier alpha value is -3.11. The molecule has 10 heteroatoms. The lowest BCUT2D eigenvalue weighted by molar-refractivity contribution is -0.385. The molecule has 0 fully saturated rings. The van der Waals surface area contributed by atoms with Crippen molar-refractivity contribution in [2.75, 3.05) is 11.6 Å². The maximum Gasteiger partial charge on any atom is 0.272 e. The normalized spacial score (nSPS) is 11.2. The molecule has 2 aromatic carbocycles. The summed E-state index contributed by atoms with van der Waals surface area (Å²) in [4.78, 5) is 27.5. The molecular formula is C19H17N3O5S2. The summed E-state index contributed by atoms with van der Waals surface area (Å²) in [5, 5.41) is 15.8. The highest BCUT2D eigenvalue weighted by atomic mass is 32.2. The van der Waals surface area contributed by atoms with E-state index in [9.17, 15) is 23.3 Å². The van der Waals surface area contributed by atoms with E-state index in [4.69, 9.17) is 0 Å². The molecule has 1 heterocycles. The van der Waals surface area contributed by atoms with Crippen LogP contribution in [0.5, 0.6) is 0 Å². The van der Waals surface area contributed by atoms with Crippen LogP contribution in [-0.4, -0.2) is 30.5 Å². The minimum Gasteiger partial charge on any atom is -0.298 e. The van der Waals surface area contributed by atoms with Crippen molar-refractivity contribution in [2.45, 2.75) is 12.7 Å². The lowest BCUT2D eigenvalue weighted by Gasteiger charge is -2.05. The smallest absolute Gasteiger partial charge is 0.272 e. The third-order valence-electron chi connectivity index (χ3n) is 4.04. The maximum absolute atomic E-state index is 12.5. The summed E-state index contributed by atoms with van der Waals surface area (Å²) in [6.07, 6.45) is 1.13. The lowest BCUT2D eigenvalue weighted by atomic mass is 10.1. The minimum absolute atomic E-state index is 0.00350. The number of carbonyl (C=O) groups excluding carboxylic acids is 1. The van der Waals surface area contributed by atoms with E-state index < -0.39 is 20.7 Å². The number of nitro groups is 1. The number of hydrogen-bond donors (Lipinski definition) is 1. The summed E-state index contributed by atoms with van der Waals surface area (Å²) in [5.41, 5.74) is 2.48. The number of amides is 1. The van der Waals surface area contributed by atoms with Crippen LogP contribution in [0.1, 0.15) is 21.5 Å². The van der Waals surface area contributed by atoms with E-state index in [2.05, 4.69) is 10.3 Å². The third-order valence-corrected chi connectivity index (χ3v) is 5.66. The molecule has 0 saturated carbocycles. The molecule has 3 rings (SSSR count). The number of hydrogen-bond acceptors (Lipinski definition) is 7. The van der Waals surface area contributed by atoms with E-state index in [1.54, 1.807) is 42.6 Å². The molecule has 1 N–H and O–H groups in total. The van der Waals surface area contributed by atoms with Gasteiger partial charge in [-0.05, 0) is 24.6 Å². The van der Waals surface area contributed by atoms with Gasteiger partial charge in [0.25, 0.3) is 11.6 Å². The van der Waals surface area contributed by atoms with Gasteiger partial charge < -0.3 is 0 Å². The van der Waals surface area contributed by atoms with Crippen LogP contribution in [0.25, 0.3) is 11.3 Å². The number of rotatable bonds is 6. The Kier molecular flexibility index (Phi) is 5.76. The number of nitrogens with zero attached hydrogens (tertiary/aromatic N) is 2. The molecule has 0 aliphatic rings. The van der Waals surface area contributed by atoms with Crippen LogP contribution >= 0.6 is 11.3 Å². The average Bonchev–Trinajstić information content (AvgIpc) is 3.09. The topological polar surface area (TPSA) is 119 Å². The summed E-state index contributed by atoms with van der Waals surface area (Å²) < 4.78 is 22.9. The Morgan fingerprint density at radius 2 is 2.00 bits per heavy atom. The maximum atomic E-state index is 12.5. The SMILES string of the molecule is Cc1ccc(-c2csc(NC(=O)c3cccc(CS(C)(=O)=O)c3)n2)cc1[N+](=O)[O-]. The molecule has 3 aromatic rings. The molecule has 8 nitrogen and oxygen atoms in total. The Labute approximate surface area is 171 Å². The van der Waals surface area contributed by atoms with Gasteiger partial charge in [0, 0.05) is 34.4 Å². The predicted molar refractivity (Wildman–Crippen MR) is 112 cm³/mol. The van der Waals surface area contributed by atoms with E-state index in [-0.39, 0.29) is 11.4 Å². The van der Waals surface area contributed by atoms with E-state index in [0.717, 1.165) is 6.26 Å². The second-order valence-electron chi connectivity index (χ2n) is 6.52. The predicted octanol–water partition coefficient (Wildman–Crippen LogP) is 3.82. The van der Waals surface area contributed by atoms with Crippen molar-refractivity contribution in [3.05, 3.63) is 74.6 Å². The van der Waals surface area contributed by atoms with Crippen molar-refractivity contribution in [2.24, 2.45) is 0 Å². The van der Waals surface area contributed by atoms with Crippen LogP contribution in [0.2, 0.25) is 0 Å². The first kappa shape index (κ1) is 20.6. The number of nitrogens with one attached hydrogen (secondary N) is 1. The monoisotopic (exact) mass is 431 g/mol. The fourth-order valence-corrected chi connectivity index (χ4v) is 4.20. The largest absolute Gasteiger partial charge is 0.298 e. The lowest BCUT2D eigenvalue weighted by Crippen LogP contribution is -2.12. The van der Waals surface area contributed by atoms with Gasteiger partial charge in [0.2, 0.25) is 0 Å². The molecule has 150 valence electrons. The fourth-order valence-electron chi connectivity index (χ4n) is 2.70. The first-order valence-electron chi connectivity index (χ1n) is 8.41. The average molecular weight is 431 g/mol. The number of aromatic nitrogens is 1. The fraction of sp³-hybridized carbons (Fsp3) is 0.158. The number of sulfone groups is 1. The van der Waals surface area contributed by atoms with Gasteiger partial charge in [-0.25, -0.2) is 13.4 Å². The van der Waals surface area contributed by atoms with Crippen LogP contribution in [0.3, 0.4) is 0 Å². The molecule has 0 saturated heterocycles. The second kappa shape index (κ2) is 8.10. The van der Waals surface area contributed by atoms with Crippen molar-refractivity contribution < 1.29 is 18.1 Å². The Morgan fingerprint density at radius 3 is 2.69 bits per heavy atom. The Bertz CT molecular complexity index is 1200. The van der Waals surface area contributed by atoms with Gasteiger partial charge in [-0.1, -0.05) is 24.3 Å². The molecule has 0 atom stereocenters. The quantitative estimate of drug-likeness (QED) is 0.468. The standard InChI is InChI=1S/C19H17N3O5S2/c1-12-6-7-14(9-17(12)22(24)25)16-10-28-19(20-16)21-18(23)15-5-3-4-13(8-15)11-29(2,26)27/h3-10H,11H2,1-2H3,(H,20,21,23). The van der Waals surface area contributed by atoms with Gasteiger partial charge in [0.1, 0.15) is 0 Å². The van der Waals surface area contributed by atoms with Gasteiger partial charge in [-0.15, -0.1) is 11.3 Å². The summed E-state index contributed by atoms with van der Waals surface area (Å²) in [7, 11) is -3.21. The molecule has 1 aromatic heterocycles. The summed E-state index contributed by atoms with van der Waals surface area (Å²) in [6, 6.07) is 11.2. The molecule has 0 unspecified atom stereocenters. The van der Waals surface area contributed by atoms with Crippen LogP contribution in [0.15, 0.2) is 47.8 Å². The third kappa shape index (κ3) is 5.24. The van der Waals surface area contributed by atoms with Crippen LogP contribution < -0.4 is 5.32 Å². The van der Waals surface area contributed by atoms with Gasteiger partial charge in [-0.2, -0.15) is 0 Å². The van der Waals surface area contributed by atoms with Gasteiger partial charge in [0.05, 0.1) is 16.4 Å². The van der Waals surface area contributed by atoms with Crippen LogP contribution in [0, 0.1) is 17.0 Å². The van der Waals surface area contributed by atoms with E-state index in [0.29, 0.717) is 33.1 Å². The zero-order valence-electron chi connectivity index (χ0n) is 15.6. The van der Waals surface area contributed by atoms with Crippen molar-refractivity contribution >= 4 is 37.9 Å². The molecular weight excluding hydrogens is 414 g/mol. The highest BCUT2D eigenvalue weighted by molar-refractivity contribution is 7.89. The summed E-state index contributed by atoms with van der Waals surface area (Å²) in [5.74, 6) is -0.571. The van der Waals surface area contributed by atoms with Gasteiger partial charge >= 0.3 is 0 Å². The molecule has 0 radical (unpaired) electrons. The first-order valence-corrected chi connectivity index (χ1v) is 11.4. The second-order valence-corrected chi connectivity index (χ2v) is 9.52. The summed E-state index contributed by atoms with van der Waals surface area (Å²) >= 11 is 1.19. The number of nitro benzene ring substituents is 1. The number of anilines is 1. The van der Waals surface area contributed by atoms with Crippen LogP contribution in [-0.2, 0) is 15.6 Å². The summed E-state index contributed by atoms with van der Waals surface area (Å²) in [6.45, 7) is 1.66.